The number of nitrogens with zero attached hydrogens (tertiary/aromatic N) is 1. The summed E-state index contributed by atoms with van der Waals surface area (Å²) in [5, 5.41) is 9.47. The monoisotopic (exact) mass is 358 g/mol. The Morgan fingerprint density at radius 3 is 2.08 bits per heavy atom. The molecule has 2 fully saturated rings. The van der Waals surface area contributed by atoms with Crippen LogP contribution in [0.15, 0.2) is 24.3 Å². The summed E-state index contributed by atoms with van der Waals surface area (Å²) in [7, 11) is 3.89. The number of amides is 2. The molecule has 2 heterocycles. The zero-order valence-corrected chi connectivity index (χ0v) is 15.8. The smallest absolute Gasteiger partial charge is 0.225 e. The molecule has 3 N–H and O–H groups in total. The average Bonchev–Trinajstić information content (AvgIpc) is 2.93. The molecule has 1 aromatic carbocycles. The van der Waals surface area contributed by atoms with E-state index < -0.39 is 0 Å². The van der Waals surface area contributed by atoms with Crippen molar-refractivity contribution in [2.24, 2.45) is 5.92 Å². The second-order valence-electron chi connectivity index (χ2n) is 7.91. The van der Waals surface area contributed by atoms with Gasteiger partial charge in [0.1, 0.15) is 0 Å². The van der Waals surface area contributed by atoms with Gasteiger partial charge in [-0.2, -0.15) is 0 Å². The van der Waals surface area contributed by atoms with E-state index in [1.54, 1.807) is 0 Å². The Morgan fingerprint density at radius 2 is 1.54 bits per heavy atom. The molecule has 26 heavy (non-hydrogen) atoms. The van der Waals surface area contributed by atoms with E-state index in [2.05, 4.69) is 16.0 Å². The molecule has 2 bridgehead atoms. The van der Waals surface area contributed by atoms with Crippen molar-refractivity contribution >= 4 is 23.2 Å². The fourth-order valence-electron chi connectivity index (χ4n) is 4.00. The van der Waals surface area contributed by atoms with Crippen LogP contribution in [-0.4, -0.2) is 49.4 Å². The van der Waals surface area contributed by atoms with E-state index >= 15 is 0 Å². The van der Waals surface area contributed by atoms with Gasteiger partial charge in [-0.05, 0) is 70.0 Å². The second-order valence-corrected chi connectivity index (χ2v) is 7.91. The van der Waals surface area contributed by atoms with Gasteiger partial charge in [0.2, 0.25) is 11.8 Å². The number of piperidine rings is 1. The van der Waals surface area contributed by atoms with Crippen molar-refractivity contribution in [2.45, 2.75) is 50.6 Å². The van der Waals surface area contributed by atoms with Gasteiger partial charge in [-0.1, -0.05) is 0 Å². The highest BCUT2D eigenvalue weighted by Gasteiger charge is 2.34. The first kappa shape index (κ1) is 18.9. The third-order valence-corrected chi connectivity index (χ3v) is 5.28. The fraction of sp³-hybridized carbons (Fsp3) is 0.600. The third-order valence-electron chi connectivity index (χ3n) is 5.28. The highest BCUT2D eigenvalue weighted by atomic mass is 16.2. The Hall–Kier alpha value is -1.92. The minimum absolute atomic E-state index is 0.00368. The molecule has 0 spiro atoms. The van der Waals surface area contributed by atoms with Gasteiger partial charge >= 0.3 is 0 Å². The predicted molar refractivity (Wildman–Crippen MR) is 104 cm³/mol. The Balaban J connectivity index is 1.43. The topological polar surface area (TPSA) is 73.5 Å². The van der Waals surface area contributed by atoms with E-state index in [1.807, 2.05) is 43.3 Å². The van der Waals surface area contributed by atoms with Gasteiger partial charge in [-0.3, -0.25) is 9.59 Å². The average molecular weight is 358 g/mol. The summed E-state index contributed by atoms with van der Waals surface area (Å²) in [5.41, 5.74) is 1.53. The summed E-state index contributed by atoms with van der Waals surface area (Å²) in [6.07, 6.45) is 5.79. The zero-order valence-electron chi connectivity index (χ0n) is 15.8. The quantitative estimate of drug-likeness (QED) is 0.700. The molecule has 0 radical (unpaired) electrons. The molecule has 2 aliphatic rings. The van der Waals surface area contributed by atoms with Crippen molar-refractivity contribution in [2.75, 3.05) is 31.3 Å². The van der Waals surface area contributed by atoms with E-state index in [0.29, 0.717) is 30.8 Å². The van der Waals surface area contributed by atoms with Gasteiger partial charge in [0.05, 0.1) is 0 Å². The van der Waals surface area contributed by atoms with Crippen LogP contribution >= 0.6 is 0 Å². The maximum Gasteiger partial charge on any atom is 0.225 e. The van der Waals surface area contributed by atoms with Crippen LogP contribution in [0.5, 0.6) is 0 Å². The van der Waals surface area contributed by atoms with Crippen LogP contribution in [0.1, 0.15) is 38.5 Å². The summed E-state index contributed by atoms with van der Waals surface area (Å²) in [6.45, 7) is 0.721. The number of hydrogen-bond acceptors (Lipinski definition) is 4. The van der Waals surface area contributed by atoms with Crippen LogP contribution < -0.4 is 16.0 Å². The van der Waals surface area contributed by atoms with E-state index in [-0.39, 0.29) is 11.8 Å². The second kappa shape index (κ2) is 8.64. The van der Waals surface area contributed by atoms with E-state index in [9.17, 15) is 9.59 Å². The zero-order chi connectivity index (χ0) is 18.5. The largest absolute Gasteiger partial charge is 0.326 e. The number of carbonyl (C=O) groups excluding carboxylic acids is 2. The number of fused-ring (bicyclic) bond motifs is 2. The molecule has 0 aromatic heterocycles. The van der Waals surface area contributed by atoms with Gasteiger partial charge in [-0.15, -0.1) is 0 Å². The van der Waals surface area contributed by atoms with Gasteiger partial charge in [0.15, 0.2) is 0 Å². The van der Waals surface area contributed by atoms with Crippen molar-refractivity contribution in [1.29, 1.82) is 0 Å². The molecule has 1 aromatic rings. The minimum Gasteiger partial charge on any atom is -0.326 e. The number of benzene rings is 1. The van der Waals surface area contributed by atoms with Crippen molar-refractivity contribution in [3.63, 3.8) is 0 Å². The van der Waals surface area contributed by atoms with Crippen LogP contribution in [0.25, 0.3) is 0 Å². The number of hydrogen-bond donors (Lipinski definition) is 3. The number of anilines is 2. The molecule has 6 heteroatoms. The van der Waals surface area contributed by atoms with Gasteiger partial charge in [0.25, 0.3) is 0 Å². The molecule has 0 aliphatic carbocycles. The van der Waals surface area contributed by atoms with Crippen LogP contribution in [-0.2, 0) is 9.59 Å². The molecular weight excluding hydrogens is 328 g/mol. The number of rotatable bonds is 7. The highest BCUT2D eigenvalue weighted by Crippen LogP contribution is 2.32. The number of carbonyl (C=O) groups is 2. The summed E-state index contributed by atoms with van der Waals surface area (Å²) >= 11 is 0. The summed E-state index contributed by atoms with van der Waals surface area (Å²) in [6, 6.07) is 8.56. The van der Waals surface area contributed by atoms with Crippen LogP contribution in [0.4, 0.5) is 11.4 Å². The van der Waals surface area contributed by atoms with E-state index in [4.69, 9.17) is 0 Å². The maximum absolute atomic E-state index is 12.3. The van der Waals surface area contributed by atoms with Gasteiger partial charge < -0.3 is 20.9 Å². The molecule has 2 amide bonds. The third kappa shape index (κ3) is 5.54. The first-order chi connectivity index (χ1) is 12.5. The van der Waals surface area contributed by atoms with Crippen LogP contribution in [0, 0.1) is 5.92 Å². The number of nitrogens with one attached hydrogen (secondary N) is 3. The predicted octanol–water partition coefficient (Wildman–Crippen LogP) is 2.44. The van der Waals surface area contributed by atoms with E-state index in [0.717, 1.165) is 30.8 Å². The van der Waals surface area contributed by atoms with Crippen molar-refractivity contribution in [3.05, 3.63) is 24.3 Å². The molecule has 2 unspecified atom stereocenters. The lowest BCUT2D eigenvalue weighted by Gasteiger charge is -2.28. The molecule has 6 nitrogen and oxygen atoms in total. The minimum atomic E-state index is -0.00368. The molecule has 0 saturated carbocycles. The molecule has 2 atom stereocenters. The lowest BCUT2D eigenvalue weighted by atomic mass is 9.89. The molecule has 2 saturated heterocycles. The lowest BCUT2D eigenvalue weighted by Crippen LogP contribution is -2.39. The summed E-state index contributed by atoms with van der Waals surface area (Å²) in [4.78, 5) is 26.1. The molecular formula is C20H30N4O2. The first-order valence-electron chi connectivity index (χ1n) is 9.58. The maximum atomic E-state index is 12.3. The molecule has 3 rings (SSSR count). The lowest BCUT2D eigenvalue weighted by molar-refractivity contribution is -0.117. The van der Waals surface area contributed by atoms with Gasteiger partial charge in [0, 0.05) is 42.8 Å². The van der Waals surface area contributed by atoms with Crippen molar-refractivity contribution in [1.82, 2.24) is 10.2 Å². The van der Waals surface area contributed by atoms with Crippen LogP contribution in [0.3, 0.4) is 0 Å². The standard InChI is InChI=1S/C20H30N4O2/c1-24(2)10-9-19(25)22-15-3-5-16(6-4-15)23-20(26)13-14-11-17-7-8-18(12-14)21-17/h3-6,14,17-18,21H,7-13H2,1-2H3,(H,22,25)(H,23,26). The SMILES string of the molecule is CN(C)CCC(=O)Nc1ccc(NC(=O)CC2CC3CCC(C2)N3)cc1. The highest BCUT2D eigenvalue weighted by molar-refractivity contribution is 5.93. The Bertz CT molecular complexity index is 617. The molecule has 142 valence electrons. The van der Waals surface area contributed by atoms with Gasteiger partial charge in [-0.25, -0.2) is 0 Å². The van der Waals surface area contributed by atoms with Crippen LogP contribution in [0.2, 0.25) is 0 Å². The van der Waals surface area contributed by atoms with E-state index in [1.165, 1.54) is 12.8 Å². The normalized spacial score (nSPS) is 24.5. The summed E-state index contributed by atoms with van der Waals surface area (Å²) in [5.74, 6) is 0.569. The summed E-state index contributed by atoms with van der Waals surface area (Å²) < 4.78 is 0. The molecule has 2 aliphatic heterocycles. The first-order valence-corrected chi connectivity index (χ1v) is 9.58. The van der Waals surface area contributed by atoms with Crippen molar-refractivity contribution < 1.29 is 9.59 Å². The Kier molecular flexibility index (Phi) is 6.27. The Labute approximate surface area is 155 Å². The fourth-order valence-corrected chi connectivity index (χ4v) is 4.00. The Morgan fingerprint density at radius 1 is 1.00 bits per heavy atom. The van der Waals surface area contributed by atoms with Crippen molar-refractivity contribution in [3.8, 4) is 0 Å².